The first-order valence-corrected chi connectivity index (χ1v) is 7.99. The number of piperidine rings is 1. The lowest BCUT2D eigenvalue weighted by atomic mass is 10.0. The number of anilines is 2. The molecule has 122 valence electrons. The van der Waals surface area contributed by atoms with Gasteiger partial charge in [-0.2, -0.15) is 10.2 Å². The van der Waals surface area contributed by atoms with E-state index in [0.717, 1.165) is 43.3 Å². The topological polar surface area (TPSA) is 75.9 Å². The number of aryl methyl sites for hydroxylation is 2. The lowest BCUT2D eigenvalue weighted by Crippen LogP contribution is -2.45. The number of hydrogen-bond acceptors (Lipinski definition) is 6. The first kappa shape index (κ1) is 15.5. The van der Waals surface area contributed by atoms with Gasteiger partial charge in [0, 0.05) is 32.2 Å². The summed E-state index contributed by atoms with van der Waals surface area (Å²) in [5.41, 5.74) is 0.819. The van der Waals surface area contributed by atoms with Gasteiger partial charge in [0.2, 0.25) is 0 Å². The highest BCUT2D eigenvalue weighted by atomic mass is 16.1. The van der Waals surface area contributed by atoms with E-state index < -0.39 is 0 Å². The predicted molar refractivity (Wildman–Crippen MR) is 89.7 cm³/mol. The largest absolute Gasteiger partial charge is 0.367 e. The third-order valence-corrected chi connectivity index (χ3v) is 4.18. The van der Waals surface area contributed by atoms with E-state index in [2.05, 4.69) is 25.5 Å². The molecule has 7 heteroatoms. The molecule has 0 aromatic carbocycles. The van der Waals surface area contributed by atoms with Crippen molar-refractivity contribution in [2.45, 2.75) is 32.2 Å². The molecule has 23 heavy (non-hydrogen) atoms. The van der Waals surface area contributed by atoms with Gasteiger partial charge in [-0.15, -0.1) is 5.10 Å². The number of hydrogen-bond donors (Lipinski definition) is 1. The molecule has 3 heterocycles. The van der Waals surface area contributed by atoms with E-state index in [1.165, 1.54) is 11.1 Å². The molecule has 2 aromatic rings. The van der Waals surface area contributed by atoms with Crippen molar-refractivity contribution in [2.24, 2.45) is 7.05 Å². The minimum absolute atomic E-state index is 0.0876. The van der Waals surface area contributed by atoms with Crippen molar-refractivity contribution < 1.29 is 0 Å². The number of aromatic nitrogens is 4. The lowest BCUT2D eigenvalue weighted by Gasteiger charge is -2.36. The summed E-state index contributed by atoms with van der Waals surface area (Å²) in [5, 5.41) is 16.0. The van der Waals surface area contributed by atoms with Crippen LogP contribution in [0.15, 0.2) is 29.1 Å². The highest BCUT2D eigenvalue weighted by Crippen LogP contribution is 2.22. The second-order valence-electron chi connectivity index (χ2n) is 5.94. The highest BCUT2D eigenvalue weighted by molar-refractivity contribution is 5.40. The summed E-state index contributed by atoms with van der Waals surface area (Å²) in [6.07, 6.45) is 3.44. The Morgan fingerprint density at radius 2 is 2.09 bits per heavy atom. The Bertz CT molecular complexity index is 711. The van der Waals surface area contributed by atoms with Crippen LogP contribution in [0.1, 0.15) is 25.0 Å². The number of nitrogens with zero attached hydrogens (tertiary/aromatic N) is 5. The zero-order valence-corrected chi connectivity index (χ0v) is 13.6. The van der Waals surface area contributed by atoms with Crippen molar-refractivity contribution in [2.75, 3.05) is 23.3 Å². The van der Waals surface area contributed by atoms with E-state index in [1.807, 2.05) is 25.1 Å². The van der Waals surface area contributed by atoms with Crippen molar-refractivity contribution in [3.8, 4) is 0 Å². The van der Waals surface area contributed by atoms with Crippen LogP contribution in [0.3, 0.4) is 0 Å². The zero-order valence-electron chi connectivity index (χ0n) is 13.6. The molecule has 0 aliphatic carbocycles. The maximum atomic E-state index is 11.5. The van der Waals surface area contributed by atoms with Gasteiger partial charge in [0.1, 0.15) is 11.6 Å². The van der Waals surface area contributed by atoms with Crippen LogP contribution < -0.4 is 15.8 Å². The summed E-state index contributed by atoms with van der Waals surface area (Å²) in [7, 11) is 1.69. The molecule has 0 spiro atoms. The molecule has 1 unspecified atom stereocenters. The van der Waals surface area contributed by atoms with Crippen LogP contribution in [0.4, 0.5) is 11.6 Å². The summed E-state index contributed by atoms with van der Waals surface area (Å²) < 4.78 is 1.39. The summed E-state index contributed by atoms with van der Waals surface area (Å²) in [6, 6.07) is 7.61. The summed E-state index contributed by atoms with van der Waals surface area (Å²) in [6.45, 7) is 3.66. The lowest BCUT2D eigenvalue weighted by molar-refractivity contribution is 0.464. The Morgan fingerprint density at radius 1 is 1.22 bits per heavy atom. The molecular formula is C16H22N6O. The van der Waals surface area contributed by atoms with E-state index in [9.17, 15) is 4.79 Å². The first-order chi connectivity index (χ1) is 11.1. The number of rotatable bonds is 4. The maximum absolute atomic E-state index is 11.5. The first-order valence-electron chi connectivity index (χ1n) is 7.99. The van der Waals surface area contributed by atoms with Gasteiger partial charge >= 0.3 is 0 Å². The van der Waals surface area contributed by atoms with Gasteiger partial charge in [-0.3, -0.25) is 4.79 Å². The molecule has 1 N–H and O–H groups in total. The molecule has 0 radical (unpaired) electrons. The molecule has 1 fully saturated rings. The SMILES string of the molecule is Cc1ccc(NCC2CCCCN2c2ccc(=O)n(C)n2)nn1. The standard InChI is InChI=1S/C16H22N6O/c1-12-6-7-14(19-18-12)17-11-13-5-3-4-10-22(13)15-8-9-16(23)21(2)20-15/h6-9,13H,3-5,10-11H2,1-2H3,(H,17,19). The molecule has 1 atom stereocenters. The van der Waals surface area contributed by atoms with Crippen molar-refractivity contribution >= 4 is 11.6 Å². The van der Waals surface area contributed by atoms with Gasteiger partial charge in [0.05, 0.1) is 5.69 Å². The van der Waals surface area contributed by atoms with Crippen LogP contribution in [0.5, 0.6) is 0 Å². The molecule has 0 saturated carbocycles. The van der Waals surface area contributed by atoms with Crippen molar-refractivity contribution in [1.29, 1.82) is 0 Å². The third kappa shape index (κ3) is 3.67. The van der Waals surface area contributed by atoms with E-state index in [0.29, 0.717) is 6.04 Å². The minimum atomic E-state index is -0.0876. The van der Waals surface area contributed by atoms with Gasteiger partial charge in [-0.05, 0) is 44.4 Å². The van der Waals surface area contributed by atoms with Crippen molar-refractivity contribution in [3.05, 3.63) is 40.3 Å². The monoisotopic (exact) mass is 314 g/mol. The minimum Gasteiger partial charge on any atom is -0.367 e. The summed E-state index contributed by atoms with van der Waals surface area (Å²) >= 11 is 0. The van der Waals surface area contributed by atoms with Crippen LogP contribution in [0.25, 0.3) is 0 Å². The average molecular weight is 314 g/mol. The Balaban J connectivity index is 1.72. The molecule has 7 nitrogen and oxygen atoms in total. The zero-order chi connectivity index (χ0) is 16.2. The Labute approximate surface area is 135 Å². The normalized spacial score (nSPS) is 18.0. The van der Waals surface area contributed by atoms with Crippen molar-refractivity contribution in [3.63, 3.8) is 0 Å². The molecule has 1 saturated heterocycles. The fourth-order valence-corrected chi connectivity index (χ4v) is 2.87. The predicted octanol–water partition coefficient (Wildman–Crippen LogP) is 1.35. The quantitative estimate of drug-likeness (QED) is 0.918. The smallest absolute Gasteiger partial charge is 0.266 e. The fraction of sp³-hybridized carbons (Fsp3) is 0.500. The van der Waals surface area contributed by atoms with E-state index in [1.54, 1.807) is 13.1 Å². The van der Waals surface area contributed by atoms with Crippen LogP contribution in [-0.4, -0.2) is 39.1 Å². The maximum Gasteiger partial charge on any atom is 0.266 e. The van der Waals surface area contributed by atoms with Crippen molar-refractivity contribution in [1.82, 2.24) is 20.0 Å². The van der Waals surface area contributed by atoms with Crippen LogP contribution >= 0.6 is 0 Å². The van der Waals surface area contributed by atoms with E-state index >= 15 is 0 Å². The van der Waals surface area contributed by atoms with Gasteiger partial charge in [0.15, 0.2) is 0 Å². The van der Waals surface area contributed by atoms with Crippen LogP contribution in [-0.2, 0) is 7.05 Å². The average Bonchev–Trinajstić information content (AvgIpc) is 2.57. The van der Waals surface area contributed by atoms with Crippen LogP contribution in [0.2, 0.25) is 0 Å². The van der Waals surface area contributed by atoms with E-state index in [4.69, 9.17) is 0 Å². The third-order valence-electron chi connectivity index (χ3n) is 4.18. The molecule has 1 aliphatic heterocycles. The van der Waals surface area contributed by atoms with E-state index in [-0.39, 0.29) is 5.56 Å². The molecule has 0 amide bonds. The van der Waals surface area contributed by atoms with Crippen LogP contribution in [0, 0.1) is 6.92 Å². The number of nitrogens with one attached hydrogen (secondary N) is 1. The molecular weight excluding hydrogens is 292 g/mol. The molecule has 0 bridgehead atoms. The summed E-state index contributed by atoms with van der Waals surface area (Å²) in [4.78, 5) is 13.8. The van der Waals surface area contributed by atoms with Gasteiger partial charge < -0.3 is 10.2 Å². The molecule has 1 aliphatic rings. The van der Waals surface area contributed by atoms with Gasteiger partial charge in [-0.1, -0.05) is 0 Å². The van der Waals surface area contributed by atoms with Gasteiger partial charge in [0.25, 0.3) is 5.56 Å². The summed E-state index contributed by atoms with van der Waals surface area (Å²) in [5.74, 6) is 1.64. The molecule has 3 rings (SSSR count). The molecule has 2 aromatic heterocycles. The Kier molecular flexibility index (Phi) is 4.55. The highest BCUT2D eigenvalue weighted by Gasteiger charge is 2.24. The Hall–Kier alpha value is -2.44. The Morgan fingerprint density at radius 3 is 2.83 bits per heavy atom. The second kappa shape index (κ2) is 6.76. The van der Waals surface area contributed by atoms with Gasteiger partial charge in [-0.25, -0.2) is 4.68 Å². The second-order valence-corrected chi connectivity index (χ2v) is 5.94. The fourth-order valence-electron chi connectivity index (χ4n) is 2.87.